The van der Waals surface area contributed by atoms with Gasteiger partial charge in [-0.05, 0) is 50.8 Å². The quantitative estimate of drug-likeness (QED) is 0.836. The first kappa shape index (κ1) is 14.9. The normalized spacial score (nSPS) is 18.6. The zero-order valence-electron chi connectivity index (χ0n) is 12.7. The first-order valence-electron chi connectivity index (χ1n) is 7.34. The Morgan fingerprint density at radius 1 is 1.25 bits per heavy atom. The summed E-state index contributed by atoms with van der Waals surface area (Å²) in [5.41, 5.74) is 9.34. The van der Waals surface area contributed by atoms with E-state index in [0.29, 0.717) is 19.1 Å². The zero-order chi connectivity index (χ0) is 14.5. The topological polar surface area (TPSA) is 44.5 Å². The van der Waals surface area contributed by atoms with Gasteiger partial charge in [-0.3, -0.25) is 0 Å². The van der Waals surface area contributed by atoms with Crippen molar-refractivity contribution in [2.45, 2.75) is 39.0 Å². The SMILES string of the molecule is COc1cc(C)cc(OCCN)c1C1C=C(C)CCC1. The molecule has 2 N–H and O–H groups in total. The van der Waals surface area contributed by atoms with Crippen LogP contribution in [0.25, 0.3) is 0 Å². The van der Waals surface area contributed by atoms with E-state index in [-0.39, 0.29) is 0 Å². The van der Waals surface area contributed by atoms with Crippen molar-refractivity contribution in [2.24, 2.45) is 5.73 Å². The van der Waals surface area contributed by atoms with Crippen LogP contribution in [-0.2, 0) is 0 Å². The van der Waals surface area contributed by atoms with Crippen molar-refractivity contribution in [1.82, 2.24) is 0 Å². The van der Waals surface area contributed by atoms with Gasteiger partial charge in [-0.25, -0.2) is 0 Å². The summed E-state index contributed by atoms with van der Waals surface area (Å²) < 4.78 is 11.5. The third-order valence-electron chi connectivity index (χ3n) is 3.79. The molecule has 20 heavy (non-hydrogen) atoms. The van der Waals surface area contributed by atoms with Crippen molar-refractivity contribution in [1.29, 1.82) is 0 Å². The lowest BCUT2D eigenvalue weighted by molar-refractivity contribution is 0.317. The predicted octanol–water partition coefficient (Wildman–Crippen LogP) is 3.55. The van der Waals surface area contributed by atoms with Crippen LogP contribution in [0.15, 0.2) is 23.8 Å². The molecule has 1 aliphatic rings. The second-order valence-electron chi connectivity index (χ2n) is 5.53. The van der Waals surface area contributed by atoms with Crippen molar-refractivity contribution in [3.8, 4) is 11.5 Å². The van der Waals surface area contributed by atoms with Gasteiger partial charge >= 0.3 is 0 Å². The largest absolute Gasteiger partial charge is 0.496 e. The molecule has 1 unspecified atom stereocenters. The molecule has 0 heterocycles. The molecule has 0 amide bonds. The van der Waals surface area contributed by atoms with E-state index in [1.54, 1.807) is 7.11 Å². The van der Waals surface area contributed by atoms with E-state index in [1.165, 1.54) is 24.0 Å². The van der Waals surface area contributed by atoms with E-state index in [4.69, 9.17) is 15.2 Å². The van der Waals surface area contributed by atoms with E-state index < -0.39 is 0 Å². The molecule has 0 saturated heterocycles. The van der Waals surface area contributed by atoms with E-state index in [0.717, 1.165) is 23.5 Å². The molecule has 0 aliphatic heterocycles. The molecule has 1 atom stereocenters. The van der Waals surface area contributed by atoms with E-state index in [1.807, 2.05) is 0 Å². The highest BCUT2D eigenvalue weighted by atomic mass is 16.5. The first-order chi connectivity index (χ1) is 9.65. The lowest BCUT2D eigenvalue weighted by Gasteiger charge is -2.24. The molecule has 1 aromatic rings. The van der Waals surface area contributed by atoms with Gasteiger partial charge in [0.1, 0.15) is 18.1 Å². The van der Waals surface area contributed by atoms with Gasteiger partial charge in [0.05, 0.1) is 7.11 Å². The minimum atomic E-state index is 0.382. The molecular formula is C17H25NO2. The lowest BCUT2D eigenvalue weighted by atomic mass is 9.85. The Bertz CT molecular complexity index is 494. The standard InChI is InChI=1S/C17H25NO2/c1-12-5-4-6-14(9-12)17-15(19-3)10-13(2)11-16(17)20-8-7-18/h9-11,14H,4-8,18H2,1-3H3. The molecule has 0 saturated carbocycles. The summed E-state index contributed by atoms with van der Waals surface area (Å²) in [6.07, 6.45) is 5.92. The smallest absolute Gasteiger partial charge is 0.127 e. The summed E-state index contributed by atoms with van der Waals surface area (Å²) >= 11 is 0. The predicted molar refractivity (Wildman–Crippen MR) is 82.6 cm³/mol. The second-order valence-corrected chi connectivity index (χ2v) is 5.53. The molecule has 1 aromatic carbocycles. The van der Waals surface area contributed by atoms with Crippen LogP contribution >= 0.6 is 0 Å². The Morgan fingerprint density at radius 2 is 2.00 bits per heavy atom. The maximum Gasteiger partial charge on any atom is 0.127 e. The summed E-state index contributed by atoms with van der Waals surface area (Å²) in [4.78, 5) is 0. The highest BCUT2D eigenvalue weighted by Gasteiger charge is 2.22. The average Bonchev–Trinajstić information content (AvgIpc) is 2.44. The number of aryl methyl sites for hydroxylation is 1. The van der Waals surface area contributed by atoms with Gasteiger partial charge in [0, 0.05) is 18.0 Å². The summed E-state index contributed by atoms with van der Waals surface area (Å²) in [6.45, 7) is 5.32. The molecule has 1 aliphatic carbocycles. The number of rotatable bonds is 5. The monoisotopic (exact) mass is 275 g/mol. The number of allylic oxidation sites excluding steroid dienone is 2. The second kappa shape index (κ2) is 6.80. The lowest BCUT2D eigenvalue weighted by Crippen LogP contribution is -2.13. The number of hydrogen-bond donors (Lipinski definition) is 1. The van der Waals surface area contributed by atoms with Crippen LogP contribution in [0.2, 0.25) is 0 Å². The van der Waals surface area contributed by atoms with Gasteiger partial charge in [-0.1, -0.05) is 11.6 Å². The van der Waals surface area contributed by atoms with Crippen molar-refractivity contribution < 1.29 is 9.47 Å². The van der Waals surface area contributed by atoms with Gasteiger partial charge in [0.15, 0.2) is 0 Å². The fourth-order valence-electron chi connectivity index (χ4n) is 2.89. The van der Waals surface area contributed by atoms with Crippen LogP contribution in [0.4, 0.5) is 0 Å². The number of benzene rings is 1. The Labute approximate surface area is 121 Å². The van der Waals surface area contributed by atoms with Gasteiger partial charge < -0.3 is 15.2 Å². The molecular weight excluding hydrogens is 250 g/mol. The van der Waals surface area contributed by atoms with Crippen molar-refractivity contribution in [2.75, 3.05) is 20.3 Å². The summed E-state index contributed by atoms with van der Waals surface area (Å²) in [5.74, 6) is 2.23. The molecule has 0 spiro atoms. The Hall–Kier alpha value is -1.48. The summed E-state index contributed by atoms with van der Waals surface area (Å²) in [5, 5.41) is 0. The van der Waals surface area contributed by atoms with Crippen LogP contribution in [-0.4, -0.2) is 20.3 Å². The molecule has 0 bridgehead atoms. The molecule has 2 rings (SSSR count). The fraction of sp³-hybridized carbons (Fsp3) is 0.529. The molecule has 110 valence electrons. The van der Waals surface area contributed by atoms with E-state index in [9.17, 15) is 0 Å². The Balaban J connectivity index is 2.44. The maximum atomic E-state index is 5.86. The van der Waals surface area contributed by atoms with Gasteiger partial charge in [-0.15, -0.1) is 0 Å². The number of ether oxygens (including phenoxy) is 2. The Morgan fingerprint density at radius 3 is 2.65 bits per heavy atom. The van der Waals surface area contributed by atoms with Crippen molar-refractivity contribution in [3.63, 3.8) is 0 Å². The maximum absolute atomic E-state index is 5.86. The fourth-order valence-corrected chi connectivity index (χ4v) is 2.89. The van der Waals surface area contributed by atoms with Crippen molar-refractivity contribution in [3.05, 3.63) is 34.9 Å². The number of hydrogen-bond acceptors (Lipinski definition) is 3. The number of nitrogens with two attached hydrogens (primary N) is 1. The van der Waals surface area contributed by atoms with Crippen molar-refractivity contribution >= 4 is 0 Å². The van der Waals surface area contributed by atoms with Gasteiger partial charge in [0.25, 0.3) is 0 Å². The molecule has 3 nitrogen and oxygen atoms in total. The first-order valence-corrected chi connectivity index (χ1v) is 7.34. The third-order valence-corrected chi connectivity index (χ3v) is 3.79. The van der Waals surface area contributed by atoms with Crippen LogP contribution in [0.5, 0.6) is 11.5 Å². The molecule has 0 radical (unpaired) electrons. The van der Waals surface area contributed by atoms with E-state index in [2.05, 4.69) is 32.1 Å². The van der Waals surface area contributed by atoms with Crippen LogP contribution in [0, 0.1) is 6.92 Å². The van der Waals surface area contributed by atoms with E-state index >= 15 is 0 Å². The zero-order valence-corrected chi connectivity index (χ0v) is 12.7. The summed E-state index contributed by atoms with van der Waals surface area (Å²) in [6, 6.07) is 4.17. The van der Waals surface area contributed by atoms with Gasteiger partial charge in [-0.2, -0.15) is 0 Å². The van der Waals surface area contributed by atoms with Crippen LogP contribution in [0.1, 0.15) is 43.2 Å². The number of methoxy groups -OCH3 is 1. The molecule has 0 fully saturated rings. The minimum absolute atomic E-state index is 0.382. The van der Waals surface area contributed by atoms with Gasteiger partial charge in [0.2, 0.25) is 0 Å². The minimum Gasteiger partial charge on any atom is -0.496 e. The highest BCUT2D eigenvalue weighted by Crippen LogP contribution is 2.42. The third kappa shape index (κ3) is 3.34. The summed E-state index contributed by atoms with van der Waals surface area (Å²) in [7, 11) is 1.73. The van der Waals surface area contributed by atoms with Crippen LogP contribution in [0.3, 0.4) is 0 Å². The molecule has 0 aromatic heterocycles. The van der Waals surface area contributed by atoms with Crippen LogP contribution < -0.4 is 15.2 Å². The highest BCUT2D eigenvalue weighted by molar-refractivity contribution is 5.51. The average molecular weight is 275 g/mol. The Kier molecular flexibility index (Phi) is 5.07. The molecule has 3 heteroatoms.